The molecule has 0 bridgehead atoms. The summed E-state index contributed by atoms with van der Waals surface area (Å²) in [5, 5.41) is 27.3. The molecule has 0 unspecified atom stereocenters. The van der Waals surface area contributed by atoms with Gasteiger partial charge in [-0.25, -0.2) is 0 Å². The molecule has 0 amide bonds. The van der Waals surface area contributed by atoms with E-state index in [1.807, 2.05) is 72.8 Å². The number of hydrogen-bond donors (Lipinski definition) is 4. The first kappa shape index (κ1) is 16.9. The number of aliphatic hydroxyl groups excluding tert-OH is 2. The van der Waals surface area contributed by atoms with Crippen molar-refractivity contribution in [3.05, 3.63) is 83.9 Å². The summed E-state index contributed by atoms with van der Waals surface area (Å²) in [6.07, 6.45) is 2.19. The van der Waals surface area contributed by atoms with Crippen molar-refractivity contribution in [1.29, 1.82) is 0 Å². The third-order valence-electron chi connectivity index (χ3n) is 4.38. The normalized spacial score (nSPS) is 26.4. The first-order valence-electron chi connectivity index (χ1n) is 8.33. The van der Waals surface area contributed by atoms with Gasteiger partial charge in [0.25, 0.3) is 0 Å². The van der Waals surface area contributed by atoms with Gasteiger partial charge in [0.15, 0.2) is 0 Å². The molecule has 1 aliphatic carbocycles. The molecular formula is C20H24N2O2. The minimum atomic E-state index is -0.841. The van der Waals surface area contributed by atoms with Crippen molar-refractivity contribution in [2.75, 3.05) is 0 Å². The van der Waals surface area contributed by atoms with Crippen molar-refractivity contribution in [1.82, 2.24) is 10.6 Å². The summed E-state index contributed by atoms with van der Waals surface area (Å²) in [4.78, 5) is 0. The van der Waals surface area contributed by atoms with Crippen LogP contribution in [0.5, 0.6) is 0 Å². The zero-order valence-corrected chi connectivity index (χ0v) is 13.5. The molecule has 0 heterocycles. The molecule has 0 aromatic heterocycles. The summed E-state index contributed by atoms with van der Waals surface area (Å²) in [7, 11) is 0. The molecule has 0 radical (unpaired) electrons. The van der Waals surface area contributed by atoms with Crippen molar-refractivity contribution in [2.45, 2.75) is 37.4 Å². The molecule has 1 aliphatic rings. The van der Waals surface area contributed by atoms with Crippen LogP contribution in [0.15, 0.2) is 72.8 Å². The summed E-state index contributed by atoms with van der Waals surface area (Å²) < 4.78 is 0. The van der Waals surface area contributed by atoms with Crippen molar-refractivity contribution in [3.8, 4) is 0 Å². The van der Waals surface area contributed by atoms with E-state index in [0.717, 1.165) is 11.1 Å². The van der Waals surface area contributed by atoms with Crippen LogP contribution in [0.2, 0.25) is 0 Å². The van der Waals surface area contributed by atoms with Crippen LogP contribution in [0, 0.1) is 0 Å². The Morgan fingerprint density at radius 2 is 1.00 bits per heavy atom. The Morgan fingerprint density at radius 1 is 0.625 bits per heavy atom. The monoisotopic (exact) mass is 324 g/mol. The van der Waals surface area contributed by atoms with Crippen LogP contribution >= 0.6 is 0 Å². The van der Waals surface area contributed by atoms with E-state index in [0.29, 0.717) is 13.1 Å². The third-order valence-corrected chi connectivity index (χ3v) is 4.38. The topological polar surface area (TPSA) is 64.5 Å². The number of nitrogens with one attached hydrogen (secondary N) is 2. The molecule has 0 saturated carbocycles. The molecule has 2 aromatic rings. The highest BCUT2D eigenvalue weighted by Crippen LogP contribution is 2.15. The lowest BCUT2D eigenvalue weighted by molar-refractivity contribution is -0.0134. The second kappa shape index (κ2) is 8.22. The summed E-state index contributed by atoms with van der Waals surface area (Å²) in [5.74, 6) is 0. The minimum absolute atomic E-state index is 0.255. The van der Waals surface area contributed by atoms with Gasteiger partial charge in [-0.2, -0.15) is 0 Å². The predicted molar refractivity (Wildman–Crippen MR) is 95.3 cm³/mol. The summed E-state index contributed by atoms with van der Waals surface area (Å²) >= 11 is 0. The lowest BCUT2D eigenvalue weighted by atomic mass is 9.92. The Bertz CT molecular complexity index is 588. The quantitative estimate of drug-likeness (QED) is 0.610. The molecule has 0 aliphatic heterocycles. The standard InChI is InChI=1S/C20H24N2O2/c23-19-17(21-13-15-7-3-1-4-8-15)11-12-18(20(19)24)22-14-16-9-5-2-6-10-16/h1-12,17-24H,13-14H2/t17-,18-,19+,20+/m1/s1. The van der Waals surface area contributed by atoms with Gasteiger partial charge < -0.3 is 20.8 Å². The van der Waals surface area contributed by atoms with Crippen LogP contribution in [-0.2, 0) is 13.1 Å². The molecule has 4 nitrogen and oxygen atoms in total. The molecule has 4 heteroatoms. The number of benzene rings is 2. The van der Waals surface area contributed by atoms with E-state index in [4.69, 9.17) is 0 Å². The predicted octanol–water partition coefficient (Wildman–Crippen LogP) is 1.59. The van der Waals surface area contributed by atoms with Gasteiger partial charge in [0.2, 0.25) is 0 Å². The second-order valence-electron chi connectivity index (χ2n) is 6.15. The van der Waals surface area contributed by atoms with Gasteiger partial charge in [0.05, 0.1) is 12.1 Å². The maximum Gasteiger partial charge on any atom is 0.101 e. The highest BCUT2D eigenvalue weighted by Gasteiger charge is 2.33. The van der Waals surface area contributed by atoms with Crippen LogP contribution in [0.3, 0.4) is 0 Å². The zero-order valence-electron chi connectivity index (χ0n) is 13.5. The summed E-state index contributed by atoms with van der Waals surface area (Å²) in [6.45, 7) is 1.31. The van der Waals surface area contributed by atoms with E-state index in [1.54, 1.807) is 0 Å². The van der Waals surface area contributed by atoms with Gasteiger partial charge >= 0.3 is 0 Å². The molecule has 24 heavy (non-hydrogen) atoms. The maximum atomic E-state index is 10.4. The van der Waals surface area contributed by atoms with E-state index >= 15 is 0 Å². The van der Waals surface area contributed by atoms with Gasteiger partial charge in [-0.3, -0.25) is 0 Å². The first-order valence-corrected chi connectivity index (χ1v) is 8.33. The maximum absolute atomic E-state index is 10.4. The first-order chi connectivity index (χ1) is 11.7. The molecular weight excluding hydrogens is 300 g/mol. The molecule has 0 spiro atoms. The van der Waals surface area contributed by atoms with Crippen LogP contribution in [0.25, 0.3) is 0 Å². The fourth-order valence-electron chi connectivity index (χ4n) is 2.93. The average molecular weight is 324 g/mol. The molecule has 2 aromatic carbocycles. The van der Waals surface area contributed by atoms with Gasteiger partial charge in [0.1, 0.15) is 12.2 Å². The van der Waals surface area contributed by atoms with Gasteiger partial charge in [-0.15, -0.1) is 0 Å². The molecule has 0 saturated heterocycles. The fraction of sp³-hybridized carbons (Fsp3) is 0.300. The smallest absolute Gasteiger partial charge is 0.101 e. The summed E-state index contributed by atoms with van der Waals surface area (Å²) in [6, 6.07) is 19.5. The van der Waals surface area contributed by atoms with E-state index in [9.17, 15) is 10.2 Å². The molecule has 126 valence electrons. The van der Waals surface area contributed by atoms with Crippen LogP contribution in [0.4, 0.5) is 0 Å². The van der Waals surface area contributed by atoms with E-state index < -0.39 is 12.2 Å². The Morgan fingerprint density at radius 3 is 1.38 bits per heavy atom. The Kier molecular flexibility index (Phi) is 5.77. The Balaban J connectivity index is 1.54. The second-order valence-corrected chi connectivity index (χ2v) is 6.15. The van der Waals surface area contributed by atoms with Gasteiger partial charge in [-0.05, 0) is 11.1 Å². The van der Waals surface area contributed by atoms with Crippen molar-refractivity contribution in [3.63, 3.8) is 0 Å². The van der Waals surface area contributed by atoms with Gasteiger partial charge in [-0.1, -0.05) is 72.8 Å². The third kappa shape index (κ3) is 4.30. The SMILES string of the molecule is O[C@@H]1[C@@H](O)[C@H](NCc2ccccc2)C=C[C@H]1NCc1ccccc1. The van der Waals surface area contributed by atoms with Crippen molar-refractivity contribution >= 4 is 0 Å². The fourth-order valence-corrected chi connectivity index (χ4v) is 2.93. The van der Waals surface area contributed by atoms with E-state index in [-0.39, 0.29) is 12.1 Å². The number of hydrogen-bond acceptors (Lipinski definition) is 4. The lowest BCUT2D eigenvalue weighted by Crippen LogP contribution is -2.55. The van der Waals surface area contributed by atoms with Gasteiger partial charge in [0, 0.05) is 13.1 Å². The molecule has 4 atom stereocenters. The number of rotatable bonds is 6. The van der Waals surface area contributed by atoms with Crippen LogP contribution < -0.4 is 10.6 Å². The number of aliphatic hydroxyl groups is 2. The highest BCUT2D eigenvalue weighted by atomic mass is 16.3. The summed E-state index contributed by atoms with van der Waals surface area (Å²) in [5.41, 5.74) is 2.30. The van der Waals surface area contributed by atoms with Crippen molar-refractivity contribution in [2.24, 2.45) is 0 Å². The van der Waals surface area contributed by atoms with Crippen LogP contribution in [0.1, 0.15) is 11.1 Å². The van der Waals surface area contributed by atoms with E-state index in [2.05, 4.69) is 10.6 Å². The van der Waals surface area contributed by atoms with E-state index in [1.165, 1.54) is 0 Å². The average Bonchev–Trinajstić information content (AvgIpc) is 2.64. The molecule has 3 rings (SSSR count). The Labute approximate surface area is 142 Å². The largest absolute Gasteiger partial charge is 0.388 e. The highest BCUT2D eigenvalue weighted by molar-refractivity contribution is 5.18. The molecule has 4 N–H and O–H groups in total. The van der Waals surface area contributed by atoms with Crippen molar-refractivity contribution < 1.29 is 10.2 Å². The zero-order chi connectivity index (χ0) is 16.8. The lowest BCUT2D eigenvalue weighted by Gasteiger charge is -2.34. The molecule has 0 fully saturated rings. The minimum Gasteiger partial charge on any atom is -0.388 e. The Hall–Kier alpha value is -1.98. The van der Waals surface area contributed by atoms with Crippen LogP contribution in [-0.4, -0.2) is 34.5 Å².